The van der Waals surface area contributed by atoms with Gasteiger partial charge in [0.15, 0.2) is 0 Å². The molecule has 0 aromatic heterocycles. The van der Waals surface area contributed by atoms with E-state index in [0.717, 1.165) is 24.8 Å². The molecule has 0 aliphatic rings. The number of aromatic hydroxyl groups is 1. The number of rotatable bonds is 8. The Balaban J connectivity index is 2.55. The van der Waals surface area contributed by atoms with E-state index >= 15 is 0 Å². The number of carbonyl (C=O) groups is 1. The van der Waals surface area contributed by atoms with Gasteiger partial charge in [-0.25, -0.2) is 4.79 Å². The van der Waals surface area contributed by atoms with Crippen molar-refractivity contribution in [2.24, 2.45) is 0 Å². The summed E-state index contributed by atoms with van der Waals surface area (Å²) in [6.45, 7) is 3.90. The second kappa shape index (κ2) is 7.82. The Labute approximate surface area is 115 Å². The van der Waals surface area contributed by atoms with E-state index < -0.39 is 5.97 Å². The molecule has 0 bridgehead atoms. The van der Waals surface area contributed by atoms with Gasteiger partial charge in [0.05, 0.1) is 0 Å². The van der Waals surface area contributed by atoms with Crippen molar-refractivity contribution in [3.8, 4) is 5.75 Å². The molecule has 1 aromatic carbocycles. The maximum atomic E-state index is 11.1. The van der Waals surface area contributed by atoms with Gasteiger partial charge in [0.1, 0.15) is 11.3 Å². The van der Waals surface area contributed by atoms with E-state index in [2.05, 4.69) is 6.92 Å². The van der Waals surface area contributed by atoms with E-state index in [0.29, 0.717) is 5.56 Å². The van der Waals surface area contributed by atoms with Crippen LogP contribution >= 0.6 is 0 Å². The standard InChI is InChI=1S/C16H24O3/c1-3-4-5-6-7-8-9-13-11-10-12(2)14(15(13)17)16(18)19/h10-11,17H,3-9H2,1-2H3,(H,18,19). The fourth-order valence-corrected chi connectivity index (χ4v) is 2.30. The van der Waals surface area contributed by atoms with Crippen LogP contribution < -0.4 is 0 Å². The minimum absolute atomic E-state index is 0.0449. The summed E-state index contributed by atoms with van der Waals surface area (Å²) >= 11 is 0. The summed E-state index contributed by atoms with van der Waals surface area (Å²) in [6.07, 6.45) is 7.87. The van der Waals surface area contributed by atoms with Crippen LogP contribution in [0.3, 0.4) is 0 Å². The molecule has 2 N–H and O–H groups in total. The summed E-state index contributed by atoms with van der Waals surface area (Å²) in [5.41, 5.74) is 1.40. The SMILES string of the molecule is CCCCCCCCc1ccc(C)c(C(=O)O)c1O. The van der Waals surface area contributed by atoms with Crippen molar-refractivity contribution >= 4 is 5.97 Å². The van der Waals surface area contributed by atoms with Crippen LogP contribution in [0, 0.1) is 6.92 Å². The van der Waals surface area contributed by atoms with Gasteiger partial charge in [0.2, 0.25) is 0 Å². The number of unbranched alkanes of at least 4 members (excludes halogenated alkanes) is 5. The number of aryl methyl sites for hydroxylation is 2. The lowest BCUT2D eigenvalue weighted by Gasteiger charge is -2.09. The molecular formula is C16H24O3. The number of carboxylic acids is 1. The lowest BCUT2D eigenvalue weighted by molar-refractivity contribution is 0.0692. The van der Waals surface area contributed by atoms with Gasteiger partial charge < -0.3 is 10.2 Å². The van der Waals surface area contributed by atoms with Crippen LogP contribution in [-0.4, -0.2) is 16.2 Å². The summed E-state index contributed by atoms with van der Waals surface area (Å²) in [5.74, 6) is -1.11. The van der Waals surface area contributed by atoms with Crippen molar-refractivity contribution in [1.82, 2.24) is 0 Å². The highest BCUT2D eigenvalue weighted by molar-refractivity contribution is 5.93. The maximum absolute atomic E-state index is 11.1. The molecule has 3 nitrogen and oxygen atoms in total. The Kier molecular flexibility index (Phi) is 6.40. The molecule has 0 spiro atoms. The number of hydrogen-bond acceptors (Lipinski definition) is 2. The smallest absolute Gasteiger partial charge is 0.339 e. The number of aromatic carboxylic acids is 1. The fraction of sp³-hybridized carbons (Fsp3) is 0.562. The van der Waals surface area contributed by atoms with E-state index in [1.165, 1.54) is 25.7 Å². The van der Waals surface area contributed by atoms with Gasteiger partial charge >= 0.3 is 5.97 Å². The molecule has 1 aromatic rings. The fourth-order valence-electron chi connectivity index (χ4n) is 2.30. The Bertz CT molecular complexity index is 424. The third-order valence-electron chi connectivity index (χ3n) is 3.48. The molecule has 19 heavy (non-hydrogen) atoms. The molecule has 0 fully saturated rings. The van der Waals surface area contributed by atoms with Crippen molar-refractivity contribution in [2.45, 2.75) is 58.8 Å². The molecule has 0 unspecified atom stereocenters. The predicted molar refractivity (Wildman–Crippen MR) is 76.9 cm³/mol. The van der Waals surface area contributed by atoms with Crippen molar-refractivity contribution in [3.05, 3.63) is 28.8 Å². The summed E-state index contributed by atoms with van der Waals surface area (Å²) in [5, 5.41) is 19.1. The predicted octanol–water partition coefficient (Wildman–Crippen LogP) is 4.30. The molecule has 0 atom stereocenters. The molecular weight excluding hydrogens is 240 g/mol. The summed E-state index contributed by atoms with van der Waals surface area (Å²) in [6, 6.07) is 3.61. The third kappa shape index (κ3) is 4.58. The van der Waals surface area contributed by atoms with Crippen LogP contribution in [-0.2, 0) is 6.42 Å². The molecule has 0 amide bonds. The zero-order chi connectivity index (χ0) is 14.3. The van der Waals surface area contributed by atoms with Crippen LogP contribution in [0.1, 0.15) is 66.9 Å². The normalized spacial score (nSPS) is 10.6. The lowest BCUT2D eigenvalue weighted by atomic mass is 9.98. The van der Waals surface area contributed by atoms with Crippen molar-refractivity contribution < 1.29 is 15.0 Å². The highest BCUT2D eigenvalue weighted by Gasteiger charge is 2.15. The van der Waals surface area contributed by atoms with Crippen LogP contribution in [0.5, 0.6) is 5.75 Å². The molecule has 1 rings (SSSR count). The Morgan fingerprint density at radius 1 is 1.11 bits per heavy atom. The van der Waals surface area contributed by atoms with Crippen molar-refractivity contribution in [1.29, 1.82) is 0 Å². The number of phenols is 1. The van der Waals surface area contributed by atoms with E-state index in [-0.39, 0.29) is 11.3 Å². The monoisotopic (exact) mass is 264 g/mol. The van der Waals surface area contributed by atoms with Crippen molar-refractivity contribution in [2.75, 3.05) is 0 Å². The summed E-state index contributed by atoms with van der Waals surface area (Å²) in [7, 11) is 0. The van der Waals surface area contributed by atoms with Gasteiger partial charge in [-0.2, -0.15) is 0 Å². The van der Waals surface area contributed by atoms with E-state index in [1.807, 2.05) is 6.07 Å². The molecule has 0 aliphatic heterocycles. The Hall–Kier alpha value is -1.51. The highest BCUT2D eigenvalue weighted by Crippen LogP contribution is 2.27. The highest BCUT2D eigenvalue weighted by atomic mass is 16.4. The first-order chi connectivity index (χ1) is 9.07. The molecule has 0 saturated heterocycles. The molecule has 0 saturated carbocycles. The molecule has 0 heterocycles. The first-order valence-corrected chi connectivity index (χ1v) is 7.12. The lowest BCUT2D eigenvalue weighted by Crippen LogP contribution is -2.02. The number of carboxylic acid groups (broad SMARTS) is 1. The van der Waals surface area contributed by atoms with Crippen LogP contribution in [0.15, 0.2) is 12.1 Å². The topological polar surface area (TPSA) is 57.5 Å². The minimum atomic E-state index is -1.06. The maximum Gasteiger partial charge on any atom is 0.339 e. The van der Waals surface area contributed by atoms with E-state index in [4.69, 9.17) is 5.11 Å². The number of benzene rings is 1. The van der Waals surface area contributed by atoms with Crippen molar-refractivity contribution in [3.63, 3.8) is 0 Å². The third-order valence-corrected chi connectivity index (χ3v) is 3.48. The average Bonchev–Trinajstić information content (AvgIpc) is 2.35. The zero-order valence-corrected chi connectivity index (χ0v) is 11.9. The van der Waals surface area contributed by atoms with Gasteiger partial charge in [-0.15, -0.1) is 0 Å². The molecule has 0 radical (unpaired) electrons. The Morgan fingerprint density at radius 3 is 2.37 bits per heavy atom. The van der Waals surface area contributed by atoms with Gasteiger partial charge in [0.25, 0.3) is 0 Å². The molecule has 106 valence electrons. The van der Waals surface area contributed by atoms with Crippen LogP contribution in [0.4, 0.5) is 0 Å². The number of hydrogen-bond donors (Lipinski definition) is 2. The molecule has 0 aliphatic carbocycles. The average molecular weight is 264 g/mol. The zero-order valence-electron chi connectivity index (χ0n) is 11.9. The van der Waals surface area contributed by atoms with Gasteiger partial charge in [-0.1, -0.05) is 51.2 Å². The molecule has 3 heteroatoms. The largest absolute Gasteiger partial charge is 0.507 e. The van der Waals surface area contributed by atoms with Gasteiger partial charge in [-0.05, 0) is 30.9 Å². The second-order valence-corrected chi connectivity index (χ2v) is 5.09. The first kappa shape index (κ1) is 15.5. The van der Waals surface area contributed by atoms with E-state index in [9.17, 15) is 9.90 Å². The first-order valence-electron chi connectivity index (χ1n) is 7.12. The van der Waals surface area contributed by atoms with Gasteiger partial charge in [-0.3, -0.25) is 0 Å². The minimum Gasteiger partial charge on any atom is -0.507 e. The summed E-state index contributed by atoms with van der Waals surface area (Å²) < 4.78 is 0. The summed E-state index contributed by atoms with van der Waals surface area (Å²) in [4.78, 5) is 11.1. The Morgan fingerprint density at radius 2 is 1.74 bits per heavy atom. The second-order valence-electron chi connectivity index (χ2n) is 5.09. The van der Waals surface area contributed by atoms with Crippen LogP contribution in [0.2, 0.25) is 0 Å². The van der Waals surface area contributed by atoms with Crippen LogP contribution in [0.25, 0.3) is 0 Å². The quantitative estimate of drug-likeness (QED) is 0.688. The van der Waals surface area contributed by atoms with E-state index in [1.54, 1.807) is 13.0 Å². The van der Waals surface area contributed by atoms with Gasteiger partial charge in [0, 0.05) is 0 Å².